The SMILES string of the molecule is CCC(CN(C)C(=O)c1c(C)c(C)c(C)c2cc(C)ccc12)c1ccccc1. The molecule has 0 heterocycles. The van der Waals surface area contributed by atoms with Gasteiger partial charge in [-0.05, 0) is 67.1 Å². The molecule has 0 saturated carbocycles. The normalized spacial score (nSPS) is 12.2. The highest BCUT2D eigenvalue weighted by Gasteiger charge is 2.23. The highest BCUT2D eigenvalue weighted by molar-refractivity contribution is 6.09. The molecule has 0 saturated heterocycles. The molecule has 1 atom stereocenters. The minimum Gasteiger partial charge on any atom is -0.341 e. The predicted octanol–water partition coefficient (Wildman–Crippen LogP) is 6.34. The molecule has 3 aromatic rings. The van der Waals surface area contributed by atoms with Gasteiger partial charge in [0.25, 0.3) is 5.91 Å². The Morgan fingerprint density at radius 1 is 0.893 bits per heavy atom. The Morgan fingerprint density at radius 3 is 2.21 bits per heavy atom. The number of hydrogen-bond acceptors (Lipinski definition) is 1. The number of nitrogens with zero attached hydrogens (tertiary/aromatic N) is 1. The van der Waals surface area contributed by atoms with Crippen molar-refractivity contribution in [3.63, 3.8) is 0 Å². The van der Waals surface area contributed by atoms with Gasteiger partial charge in [0.2, 0.25) is 0 Å². The molecule has 28 heavy (non-hydrogen) atoms. The lowest BCUT2D eigenvalue weighted by atomic mass is 9.89. The van der Waals surface area contributed by atoms with E-state index < -0.39 is 0 Å². The maximum atomic E-state index is 13.5. The molecule has 0 radical (unpaired) electrons. The van der Waals surface area contributed by atoms with E-state index in [0.29, 0.717) is 5.92 Å². The molecule has 1 unspecified atom stereocenters. The van der Waals surface area contributed by atoms with Crippen molar-refractivity contribution in [1.29, 1.82) is 0 Å². The number of rotatable bonds is 5. The first-order valence-electron chi connectivity index (χ1n) is 10.2. The Hall–Kier alpha value is -2.61. The number of fused-ring (bicyclic) bond motifs is 1. The number of benzene rings is 3. The Morgan fingerprint density at radius 2 is 1.57 bits per heavy atom. The van der Waals surface area contributed by atoms with Gasteiger partial charge in [0.15, 0.2) is 0 Å². The first-order valence-corrected chi connectivity index (χ1v) is 10.2. The summed E-state index contributed by atoms with van der Waals surface area (Å²) in [6.07, 6.45) is 1.01. The van der Waals surface area contributed by atoms with Crippen molar-refractivity contribution >= 4 is 16.7 Å². The maximum Gasteiger partial charge on any atom is 0.254 e. The summed E-state index contributed by atoms with van der Waals surface area (Å²) in [5.74, 6) is 0.458. The van der Waals surface area contributed by atoms with Crippen LogP contribution in [0.3, 0.4) is 0 Å². The second-order valence-corrected chi connectivity index (χ2v) is 8.00. The first kappa shape index (κ1) is 20.1. The van der Waals surface area contributed by atoms with Crippen molar-refractivity contribution in [2.75, 3.05) is 13.6 Å². The summed E-state index contributed by atoms with van der Waals surface area (Å²) in [7, 11) is 1.93. The third-order valence-corrected chi connectivity index (χ3v) is 6.17. The van der Waals surface area contributed by atoms with E-state index in [1.807, 2.05) is 18.0 Å². The van der Waals surface area contributed by atoms with Gasteiger partial charge in [-0.25, -0.2) is 0 Å². The van der Waals surface area contributed by atoms with E-state index in [-0.39, 0.29) is 5.91 Å². The average Bonchev–Trinajstić information content (AvgIpc) is 2.71. The maximum absolute atomic E-state index is 13.5. The van der Waals surface area contributed by atoms with Crippen molar-refractivity contribution in [2.24, 2.45) is 0 Å². The lowest BCUT2D eigenvalue weighted by Gasteiger charge is -2.26. The van der Waals surface area contributed by atoms with Crippen LogP contribution in [0.1, 0.15) is 57.4 Å². The van der Waals surface area contributed by atoms with Crippen LogP contribution >= 0.6 is 0 Å². The van der Waals surface area contributed by atoms with E-state index in [2.05, 4.69) is 77.1 Å². The van der Waals surface area contributed by atoms with Crippen LogP contribution in [0.4, 0.5) is 0 Å². The van der Waals surface area contributed by atoms with Crippen LogP contribution in [0.2, 0.25) is 0 Å². The lowest BCUT2D eigenvalue weighted by molar-refractivity contribution is 0.0786. The fourth-order valence-electron chi connectivity index (χ4n) is 4.13. The number of likely N-dealkylation sites (N-methyl/N-ethyl adjacent to an activating group) is 1. The van der Waals surface area contributed by atoms with Crippen molar-refractivity contribution < 1.29 is 4.79 Å². The molecule has 1 amide bonds. The summed E-state index contributed by atoms with van der Waals surface area (Å²) in [5, 5.41) is 2.26. The third-order valence-electron chi connectivity index (χ3n) is 6.17. The second kappa shape index (κ2) is 8.18. The molecule has 3 rings (SSSR count). The molecule has 0 spiro atoms. The Labute approximate surface area is 169 Å². The Balaban J connectivity index is 2.01. The van der Waals surface area contributed by atoms with E-state index in [1.165, 1.54) is 27.6 Å². The van der Waals surface area contributed by atoms with E-state index in [9.17, 15) is 4.79 Å². The van der Waals surface area contributed by atoms with Gasteiger partial charge in [0.1, 0.15) is 0 Å². The quantitative estimate of drug-likeness (QED) is 0.511. The zero-order chi connectivity index (χ0) is 20.4. The van der Waals surface area contributed by atoms with Crippen LogP contribution in [0.15, 0.2) is 48.5 Å². The fraction of sp³-hybridized carbons (Fsp3) is 0.346. The fourth-order valence-corrected chi connectivity index (χ4v) is 4.13. The molecule has 0 aliphatic carbocycles. The summed E-state index contributed by atoms with van der Waals surface area (Å²) in [6.45, 7) is 11.4. The van der Waals surface area contributed by atoms with Gasteiger partial charge in [-0.3, -0.25) is 4.79 Å². The highest BCUT2D eigenvalue weighted by atomic mass is 16.2. The largest absolute Gasteiger partial charge is 0.341 e. The van der Waals surface area contributed by atoms with Crippen molar-refractivity contribution in [1.82, 2.24) is 4.90 Å². The van der Waals surface area contributed by atoms with Crippen LogP contribution in [0.5, 0.6) is 0 Å². The molecular weight excluding hydrogens is 342 g/mol. The molecule has 2 heteroatoms. The molecule has 146 valence electrons. The summed E-state index contributed by atoms with van der Waals surface area (Å²) in [4.78, 5) is 15.4. The minimum absolute atomic E-state index is 0.115. The van der Waals surface area contributed by atoms with Crippen LogP contribution in [0.25, 0.3) is 10.8 Å². The summed E-state index contributed by atoms with van der Waals surface area (Å²) in [6, 6.07) is 16.9. The monoisotopic (exact) mass is 373 g/mol. The van der Waals surface area contributed by atoms with Gasteiger partial charge in [0, 0.05) is 19.5 Å². The number of amides is 1. The topological polar surface area (TPSA) is 20.3 Å². The van der Waals surface area contributed by atoms with Crippen molar-refractivity contribution in [3.8, 4) is 0 Å². The molecule has 0 aromatic heterocycles. The highest BCUT2D eigenvalue weighted by Crippen LogP contribution is 2.31. The molecule has 3 aromatic carbocycles. The van der Waals surface area contributed by atoms with Gasteiger partial charge >= 0.3 is 0 Å². The Kier molecular flexibility index (Phi) is 5.88. The van der Waals surface area contributed by atoms with Gasteiger partial charge in [-0.15, -0.1) is 0 Å². The van der Waals surface area contributed by atoms with Crippen molar-refractivity contribution in [3.05, 3.63) is 81.9 Å². The van der Waals surface area contributed by atoms with Crippen LogP contribution in [-0.2, 0) is 0 Å². The van der Waals surface area contributed by atoms with Gasteiger partial charge in [-0.1, -0.05) is 61.0 Å². The van der Waals surface area contributed by atoms with E-state index >= 15 is 0 Å². The first-order chi connectivity index (χ1) is 13.3. The van der Waals surface area contributed by atoms with E-state index in [1.54, 1.807) is 0 Å². The molecule has 0 aliphatic heterocycles. The molecule has 2 nitrogen and oxygen atoms in total. The summed E-state index contributed by atoms with van der Waals surface area (Å²) in [5.41, 5.74) is 6.95. The van der Waals surface area contributed by atoms with Crippen LogP contribution in [-0.4, -0.2) is 24.4 Å². The number of aryl methyl sites for hydroxylation is 2. The molecule has 0 aliphatic rings. The molecular formula is C26H31NO. The number of carbonyl (C=O) groups is 1. The number of carbonyl (C=O) groups excluding carboxylic acids is 1. The van der Waals surface area contributed by atoms with Crippen LogP contribution in [0, 0.1) is 27.7 Å². The lowest BCUT2D eigenvalue weighted by Crippen LogP contribution is -2.32. The van der Waals surface area contributed by atoms with E-state index in [4.69, 9.17) is 0 Å². The number of hydrogen-bond donors (Lipinski definition) is 0. The Bertz CT molecular complexity index is 1000. The smallest absolute Gasteiger partial charge is 0.254 e. The van der Waals surface area contributed by atoms with Gasteiger partial charge < -0.3 is 4.90 Å². The van der Waals surface area contributed by atoms with Gasteiger partial charge in [0.05, 0.1) is 5.56 Å². The predicted molar refractivity (Wildman–Crippen MR) is 119 cm³/mol. The zero-order valence-corrected chi connectivity index (χ0v) is 18.0. The average molecular weight is 374 g/mol. The molecule has 0 bridgehead atoms. The molecule has 0 N–H and O–H groups in total. The summed E-state index contributed by atoms with van der Waals surface area (Å²) < 4.78 is 0. The van der Waals surface area contributed by atoms with Crippen LogP contribution < -0.4 is 0 Å². The third kappa shape index (κ3) is 3.69. The second-order valence-electron chi connectivity index (χ2n) is 8.00. The van der Waals surface area contributed by atoms with Crippen molar-refractivity contribution in [2.45, 2.75) is 47.0 Å². The molecule has 0 fully saturated rings. The standard InChI is InChI=1S/C26H31NO/c1-7-21(22-11-9-8-10-12-22)16-27(6)26(28)25-20(5)18(3)19(4)24-15-17(2)13-14-23(24)25/h8-15,21H,7,16H2,1-6H3. The van der Waals surface area contributed by atoms with E-state index in [0.717, 1.165) is 29.5 Å². The minimum atomic E-state index is 0.115. The van der Waals surface area contributed by atoms with Gasteiger partial charge in [-0.2, -0.15) is 0 Å². The zero-order valence-electron chi connectivity index (χ0n) is 18.0. The summed E-state index contributed by atoms with van der Waals surface area (Å²) >= 11 is 0.